The van der Waals surface area contributed by atoms with E-state index in [-0.39, 0.29) is 10.6 Å². The van der Waals surface area contributed by atoms with Crippen molar-refractivity contribution >= 4 is 25.8 Å². The maximum Gasteiger partial charge on any atom is 0.122 e. The highest BCUT2D eigenvalue weighted by Crippen LogP contribution is 2.50. The fourth-order valence-electron chi connectivity index (χ4n) is 4.26. The van der Waals surface area contributed by atoms with E-state index in [1.165, 1.54) is 16.4 Å². The molecule has 0 fully saturated rings. The maximum absolute atomic E-state index is 11.2. The number of para-hydroxylation sites is 1. The Kier molecular flexibility index (Phi) is 7.80. The van der Waals surface area contributed by atoms with Crippen LogP contribution in [0.5, 0.6) is 5.75 Å². The van der Waals surface area contributed by atoms with E-state index in [1.807, 2.05) is 43.5 Å². The molecule has 3 rings (SSSR count). The van der Waals surface area contributed by atoms with Gasteiger partial charge in [-0.1, -0.05) is 97.6 Å². The van der Waals surface area contributed by atoms with Gasteiger partial charge in [-0.15, -0.1) is 0 Å². The number of aryl methyl sites for hydroxylation is 2. The van der Waals surface area contributed by atoms with E-state index in [2.05, 4.69) is 71.9 Å². The summed E-state index contributed by atoms with van der Waals surface area (Å²) in [7, 11) is 0.517. The molecule has 0 spiro atoms. The van der Waals surface area contributed by atoms with Crippen molar-refractivity contribution in [2.24, 2.45) is 4.99 Å². The Balaban J connectivity index is 2.08. The lowest BCUT2D eigenvalue weighted by Crippen LogP contribution is -2.23. The maximum atomic E-state index is 11.2. The van der Waals surface area contributed by atoms with Crippen molar-refractivity contribution in [3.63, 3.8) is 0 Å². The topological polar surface area (TPSA) is 32.6 Å². The minimum Gasteiger partial charge on any atom is -0.507 e. The van der Waals surface area contributed by atoms with Crippen LogP contribution < -0.4 is 5.30 Å². The highest BCUT2D eigenvalue weighted by atomic mass is 31.1. The second-order valence-corrected chi connectivity index (χ2v) is 12.2. The minimum absolute atomic E-state index is 0.0286. The lowest BCUT2D eigenvalue weighted by Gasteiger charge is -2.34. The molecule has 0 radical (unpaired) electrons. The van der Waals surface area contributed by atoms with Gasteiger partial charge in [0, 0.05) is 22.5 Å². The third-order valence-corrected chi connectivity index (χ3v) is 8.03. The van der Waals surface area contributed by atoms with E-state index in [0.717, 1.165) is 35.2 Å². The number of aliphatic imine (C=N–C) groups is 1. The lowest BCUT2D eigenvalue weighted by atomic mass is 9.82. The van der Waals surface area contributed by atoms with Crippen molar-refractivity contribution in [1.29, 1.82) is 0 Å². The molecule has 2 nitrogen and oxygen atoms in total. The summed E-state index contributed by atoms with van der Waals surface area (Å²) < 4.78 is 0. The van der Waals surface area contributed by atoms with Gasteiger partial charge in [-0.05, 0) is 60.3 Å². The Morgan fingerprint density at radius 2 is 1.64 bits per heavy atom. The van der Waals surface area contributed by atoms with E-state index >= 15 is 0 Å². The Morgan fingerprint density at radius 1 is 0.939 bits per heavy atom. The SMILES string of the molecule is CCCC(C)(Pc1ccc(C)cc1/C=N/c1ccccc1)c1cc(C(C)(C)C)cc(C)c1O. The van der Waals surface area contributed by atoms with Crippen LogP contribution in [-0.4, -0.2) is 11.3 Å². The molecule has 0 heterocycles. The van der Waals surface area contributed by atoms with Gasteiger partial charge in [-0.25, -0.2) is 0 Å². The predicted octanol–water partition coefficient (Wildman–Crippen LogP) is 8.08. The molecular weight excluding hydrogens is 421 g/mol. The lowest BCUT2D eigenvalue weighted by molar-refractivity contribution is 0.447. The van der Waals surface area contributed by atoms with Gasteiger partial charge in [0.25, 0.3) is 0 Å². The van der Waals surface area contributed by atoms with Crippen LogP contribution in [0.3, 0.4) is 0 Å². The summed E-state index contributed by atoms with van der Waals surface area (Å²) in [6, 6.07) is 21.1. The van der Waals surface area contributed by atoms with Gasteiger partial charge in [0.2, 0.25) is 0 Å². The molecule has 1 N–H and O–H groups in total. The fraction of sp³-hybridized carbons (Fsp3) is 0.367. The summed E-state index contributed by atoms with van der Waals surface area (Å²) in [5, 5.41) is 12.3. The van der Waals surface area contributed by atoms with Crippen molar-refractivity contribution in [2.75, 3.05) is 0 Å². The molecular formula is C30H38NOP. The molecule has 0 aliphatic rings. The number of rotatable bonds is 7. The Hall–Kier alpha value is -2.44. The number of hydrogen-bond donors (Lipinski definition) is 1. The summed E-state index contributed by atoms with van der Waals surface area (Å²) >= 11 is 0. The van der Waals surface area contributed by atoms with Gasteiger partial charge in [-0.3, -0.25) is 4.99 Å². The number of benzene rings is 3. The first-order valence-corrected chi connectivity index (χ1v) is 12.9. The van der Waals surface area contributed by atoms with Gasteiger partial charge in [0.05, 0.1) is 5.69 Å². The van der Waals surface area contributed by atoms with Crippen molar-refractivity contribution in [2.45, 2.75) is 71.9 Å². The predicted molar refractivity (Wildman–Crippen MR) is 147 cm³/mol. The molecule has 2 atom stereocenters. The first-order chi connectivity index (χ1) is 15.5. The summed E-state index contributed by atoms with van der Waals surface area (Å²) in [6.07, 6.45) is 4.06. The zero-order valence-electron chi connectivity index (χ0n) is 21.2. The molecule has 3 heteroatoms. The minimum atomic E-state index is -0.157. The summed E-state index contributed by atoms with van der Waals surface area (Å²) in [6.45, 7) is 15.4. The molecule has 3 aromatic carbocycles. The van der Waals surface area contributed by atoms with Crippen molar-refractivity contribution in [1.82, 2.24) is 0 Å². The smallest absolute Gasteiger partial charge is 0.122 e. The number of hydrogen-bond acceptors (Lipinski definition) is 2. The average molecular weight is 460 g/mol. The van der Waals surface area contributed by atoms with E-state index in [9.17, 15) is 5.11 Å². The van der Waals surface area contributed by atoms with Crippen LogP contribution in [0.1, 0.15) is 75.3 Å². The zero-order chi connectivity index (χ0) is 24.2. The van der Waals surface area contributed by atoms with Crippen LogP contribution >= 0.6 is 8.58 Å². The van der Waals surface area contributed by atoms with Crippen LogP contribution in [0.4, 0.5) is 5.69 Å². The first-order valence-electron chi connectivity index (χ1n) is 11.9. The van der Waals surface area contributed by atoms with Crippen LogP contribution in [-0.2, 0) is 10.6 Å². The van der Waals surface area contributed by atoms with Gasteiger partial charge in [0.15, 0.2) is 0 Å². The molecule has 3 aromatic rings. The van der Waals surface area contributed by atoms with Crippen LogP contribution in [0.15, 0.2) is 65.7 Å². The third kappa shape index (κ3) is 6.12. The quantitative estimate of drug-likeness (QED) is 0.281. The van der Waals surface area contributed by atoms with Crippen LogP contribution in [0.25, 0.3) is 0 Å². The molecule has 0 saturated carbocycles. The Morgan fingerprint density at radius 3 is 2.27 bits per heavy atom. The zero-order valence-corrected chi connectivity index (χ0v) is 22.2. The van der Waals surface area contributed by atoms with Crippen LogP contribution in [0, 0.1) is 13.8 Å². The summed E-state index contributed by atoms with van der Waals surface area (Å²) in [5.74, 6) is 0.443. The van der Waals surface area contributed by atoms with Crippen LogP contribution in [0.2, 0.25) is 0 Å². The molecule has 0 aromatic heterocycles. The van der Waals surface area contributed by atoms with Crippen molar-refractivity contribution in [3.05, 3.63) is 88.5 Å². The standard InChI is InChI=1S/C30H38NOP/c1-8-16-30(7,26-19-24(29(4,5)6)18-22(3)28(26)32)33-27-15-14-21(2)17-23(27)20-31-25-12-10-9-11-13-25/h9-15,17-20,32-33H,8,16H2,1-7H3/b31-20+. The largest absolute Gasteiger partial charge is 0.507 e. The average Bonchev–Trinajstić information content (AvgIpc) is 2.75. The second kappa shape index (κ2) is 10.2. The van der Waals surface area contributed by atoms with E-state index in [1.54, 1.807) is 0 Å². The highest BCUT2D eigenvalue weighted by Gasteiger charge is 2.32. The molecule has 0 saturated heterocycles. The van der Waals surface area contributed by atoms with E-state index in [4.69, 9.17) is 4.99 Å². The molecule has 33 heavy (non-hydrogen) atoms. The summed E-state index contributed by atoms with van der Waals surface area (Å²) in [5.41, 5.74) is 6.66. The third-order valence-electron chi connectivity index (χ3n) is 6.24. The van der Waals surface area contributed by atoms with E-state index < -0.39 is 0 Å². The molecule has 0 bridgehead atoms. The number of aromatic hydroxyl groups is 1. The van der Waals surface area contributed by atoms with Crippen molar-refractivity contribution in [3.8, 4) is 5.75 Å². The van der Waals surface area contributed by atoms with Crippen molar-refractivity contribution < 1.29 is 5.11 Å². The Labute approximate surface area is 202 Å². The molecule has 2 unspecified atom stereocenters. The molecule has 174 valence electrons. The second-order valence-electron chi connectivity index (χ2n) is 10.3. The molecule has 0 aliphatic heterocycles. The first kappa shape index (κ1) is 25.2. The highest BCUT2D eigenvalue weighted by molar-refractivity contribution is 7.48. The summed E-state index contributed by atoms with van der Waals surface area (Å²) in [4.78, 5) is 4.74. The number of phenolic OH excluding ortho intramolecular Hbond substituents is 1. The van der Waals surface area contributed by atoms with Gasteiger partial charge in [-0.2, -0.15) is 0 Å². The molecule has 0 amide bonds. The monoisotopic (exact) mass is 459 g/mol. The fourth-order valence-corrected chi connectivity index (χ4v) is 6.00. The van der Waals surface area contributed by atoms with Gasteiger partial charge in [0.1, 0.15) is 5.75 Å². The van der Waals surface area contributed by atoms with Gasteiger partial charge < -0.3 is 5.11 Å². The molecule has 0 aliphatic carbocycles. The normalized spacial score (nSPS) is 14.3. The van der Waals surface area contributed by atoms with E-state index in [0.29, 0.717) is 14.3 Å². The number of phenols is 1. The number of nitrogens with zero attached hydrogens (tertiary/aromatic N) is 1. The Bertz CT molecular complexity index is 1130. The van der Waals surface area contributed by atoms with Gasteiger partial charge >= 0.3 is 0 Å².